The molecule has 2 rings (SSSR count). The van der Waals surface area contributed by atoms with Crippen molar-refractivity contribution >= 4 is 27.6 Å². The summed E-state index contributed by atoms with van der Waals surface area (Å²) in [5.74, 6) is 0.476. The normalized spacial score (nSPS) is 12.1. The Bertz CT molecular complexity index is 628. The zero-order valence-corrected chi connectivity index (χ0v) is 12.2. The van der Waals surface area contributed by atoms with E-state index in [-0.39, 0.29) is 6.03 Å². The van der Waals surface area contributed by atoms with Crippen LogP contribution in [0.15, 0.2) is 42.5 Å². The lowest BCUT2D eigenvalue weighted by molar-refractivity contribution is 0.241. The minimum atomic E-state index is -0.880. The molecule has 2 amide bonds. The number of urea groups is 1. The topological polar surface area (TPSA) is 58.2 Å². The van der Waals surface area contributed by atoms with Crippen LogP contribution >= 0.6 is 0 Å². The van der Waals surface area contributed by atoms with Crippen LogP contribution in [0.1, 0.15) is 5.56 Å². The van der Waals surface area contributed by atoms with Gasteiger partial charge in [0.1, 0.15) is 0 Å². The number of fused-ring (bicyclic) bond motifs is 1. The summed E-state index contributed by atoms with van der Waals surface area (Å²) in [4.78, 5) is 11.5. The van der Waals surface area contributed by atoms with Crippen molar-refractivity contribution in [3.63, 3.8) is 0 Å². The molecule has 0 aliphatic rings. The first kappa shape index (κ1) is 14.5. The van der Waals surface area contributed by atoms with Crippen molar-refractivity contribution in [2.75, 3.05) is 18.6 Å². The number of nitrogens with one attached hydrogen (secondary N) is 2. The van der Waals surface area contributed by atoms with Crippen LogP contribution in [0.25, 0.3) is 10.8 Å². The van der Waals surface area contributed by atoms with E-state index in [1.54, 1.807) is 6.26 Å². The SMILES string of the molecule is C[S@](=O)CCNC(=O)NCc1ccc2ccccc2c1. The number of carbonyl (C=O) groups is 1. The summed E-state index contributed by atoms with van der Waals surface area (Å²) < 4.78 is 10.9. The lowest BCUT2D eigenvalue weighted by Crippen LogP contribution is -2.37. The maximum atomic E-state index is 11.5. The molecule has 0 spiro atoms. The quantitative estimate of drug-likeness (QED) is 0.885. The van der Waals surface area contributed by atoms with Crippen molar-refractivity contribution in [2.45, 2.75) is 6.54 Å². The Kier molecular flexibility index (Phi) is 5.12. The van der Waals surface area contributed by atoms with Gasteiger partial charge in [0.05, 0.1) is 0 Å². The van der Waals surface area contributed by atoms with Crippen molar-refractivity contribution < 1.29 is 9.00 Å². The van der Waals surface area contributed by atoms with Crippen LogP contribution in [-0.2, 0) is 17.3 Å². The maximum Gasteiger partial charge on any atom is 0.315 e. The fourth-order valence-electron chi connectivity index (χ4n) is 1.90. The highest BCUT2D eigenvalue weighted by atomic mass is 32.2. The van der Waals surface area contributed by atoms with Gasteiger partial charge in [-0.1, -0.05) is 36.4 Å². The fraction of sp³-hybridized carbons (Fsp3) is 0.267. The zero-order valence-electron chi connectivity index (χ0n) is 11.4. The molecular weight excluding hydrogens is 272 g/mol. The summed E-state index contributed by atoms with van der Waals surface area (Å²) in [6.45, 7) is 0.901. The third-order valence-corrected chi connectivity index (χ3v) is 3.72. The number of rotatable bonds is 5. The number of benzene rings is 2. The lowest BCUT2D eigenvalue weighted by Gasteiger charge is -2.08. The molecule has 4 nitrogen and oxygen atoms in total. The van der Waals surface area contributed by atoms with Crippen LogP contribution in [0.3, 0.4) is 0 Å². The number of hydrogen-bond acceptors (Lipinski definition) is 2. The molecule has 0 aromatic heterocycles. The first-order chi connectivity index (χ1) is 9.65. The van der Waals surface area contributed by atoms with Crippen LogP contribution in [-0.4, -0.2) is 28.8 Å². The molecule has 0 bridgehead atoms. The third-order valence-electron chi connectivity index (χ3n) is 2.94. The molecule has 106 valence electrons. The van der Waals surface area contributed by atoms with E-state index < -0.39 is 10.8 Å². The van der Waals surface area contributed by atoms with Crippen molar-refractivity contribution in [1.29, 1.82) is 0 Å². The number of hydrogen-bond donors (Lipinski definition) is 2. The molecular formula is C15H18N2O2S. The summed E-state index contributed by atoms with van der Waals surface area (Å²) in [7, 11) is -0.880. The first-order valence-corrected chi connectivity index (χ1v) is 8.17. The van der Waals surface area contributed by atoms with Gasteiger partial charge in [-0.3, -0.25) is 4.21 Å². The van der Waals surface area contributed by atoms with Crippen LogP contribution in [0.2, 0.25) is 0 Å². The lowest BCUT2D eigenvalue weighted by atomic mass is 10.1. The summed E-state index contributed by atoms with van der Waals surface area (Å²) in [6.07, 6.45) is 1.62. The smallest absolute Gasteiger partial charge is 0.315 e. The Morgan fingerprint density at radius 3 is 2.60 bits per heavy atom. The molecule has 0 fully saturated rings. The Labute approximate surface area is 121 Å². The molecule has 0 saturated carbocycles. The summed E-state index contributed by atoms with van der Waals surface area (Å²) in [5, 5.41) is 7.81. The highest BCUT2D eigenvalue weighted by molar-refractivity contribution is 7.84. The second-order valence-corrected chi connectivity index (χ2v) is 6.12. The predicted octanol–water partition coefficient (Wildman–Crippen LogP) is 2.02. The Morgan fingerprint density at radius 2 is 1.85 bits per heavy atom. The van der Waals surface area contributed by atoms with Crippen LogP contribution in [0.5, 0.6) is 0 Å². The van der Waals surface area contributed by atoms with E-state index in [1.807, 2.05) is 24.3 Å². The first-order valence-electron chi connectivity index (χ1n) is 6.44. The second-order valence-electron chi connectivity index (χ2n) is 4.57. The van der Waals surface area contributed by atoms with E-state index in [0.717, 1.165) is 10.9 Å². The molecule has 0 aliphatic heterocycles. The van der Waals surface area contributed by atoms with Gasteiger partial charge in [-0.15, -0.1) is 0 Å². The molecule has 20 heavy (non-hydrogen) atoms. The van der Waals surface area contributed by atoms with Gasteiger partial charge in [-0.25, -0.2) is 4.79 Å². The van der Waals surface area contributed by atoms with E-state index in [2.05, 4.69) is 28.8 Å². The standard InChI is InChI=1S/C15H18N2O2S/c1-20(19)9-8-16-15(18)17-11-12-6-7-13-4-2-3-5-14(13)10-12/h2-7,10H,8-9,11H2,1H3,(H2,16,17,18)/t20-/m0/s1. The van der Waals surface area contributed by atoms with Gasteiger partial charge in [0, 0.05) is 35.9 Å². The molecule has 0 heterocycles. The van der Waals surface area contributed by atoms with Crippen LogP contribution < -0.4 is 10.6 Å². The average Bonchev–Trinajstić information content (AvgIpc) is 2.44. The average molecular weight is 290 g/mol. The Balaban J connectivity index is 1.86. The molecule has 0 radical (unpaired) electrons. The summed E-state index contributed by atoms with van der Waals surface area (Å²) in [6, 6.07) is 14.0. The van der Waals surface area contributed by atoms with Gasteiger partial charge < -0.3 is 10.6 Å². The molecule has 2 N–H and O–H groups in total. The number of amides is 2. The predicted molar refractivity (Wildman–Crippen MR) is 83.1 cm³/mol. The maximum absolute atomic E-state index is 11.5. The van der Waals surface area contributed by atoms with E-state index in [4.69, 9.17) is 0 Å². The van der Waals surface area contributed by atoms with Gasteiger partial charge in [-0.05, 0) is 22.4 Å². The van der Waals surface area contributed by atoms with Crippen molar-refractivity contribution in [3.05, 3.63) is 48.0 Å². The fourth-order valence-corrected chi connectivity index (χ4v) is 2.29. The van der Waals surface area contributed by atoms with Gasteiger partial charge in [0.2, 0.25) is 0 Å². The van der Waals surface area contributed by atoms with Crippen LogP contribution in [0, 0.1) is 0 Å². The molecule has 0 saturated heterocycles. The number of carbonyl (C=O) groups excluding carboxylic acids is 1. The minimum Gasteiger partial charge on any atom is -0.337 e. The monoisotopic (exact) mass is 290 g/mol. The highest BCUT2D eigenvalue weighted by Gasteiger charge is 2.01. The highest BCUT2D eigenvalue weighted by Crippen LogP contribution is 2.15. The van der Waals surface area contributed by atoms with Gasteiger partial charge in [-0.2, -0.15) is 0 Å². The molecule has 1 atom stereocenters. The zero-order chi connectivity index (χ0) is 14.4. The Hall–Kier alpha value is -1.88. The minimum absolute atomic E-state index is 0.233. The van der Waals surface area contributed by atoms with Crippen molar-refractivity contribution in [2.24, 2.45) is 0 Å². The van der Waals surface area contributed by atoms with E-state index in [0.29, 0.717) is 18.8 Å². The van der Waals surface area contributed by atoms with Crippen molar-refractivity contribution in [3.8, 4) is 0 Å². The third kappa shape index (κ3) is 4.35. The van der Waals surface area contributed by atoms with E-state index >= 15 is 0 Å². The molecule has 0 aliphatic carbocycles. The Morgan fingerprint density at radius 1 is 1.10 bits per heavy atom. The molecule has 2 aromatic carbocycles. The van der Waals surface area contributed by atoms with E-state index in [1.165, 1.54) is 5.39 Å². The van der Waals surface area contributed by atoms with Crippen molar-refractivity contribution in [1.82, 2.24) is 10.6 Å². The summed E-state index contributed by atoms with van der Waals surface area (Å²) >= 11 is 0. The van der Waals surface area contributed by atoms with E-state index in [9.17, 15) is 9.00 Å². The molecule has 2 aromatic rings. The molecule has 0 unspecified atom stereocenters. The van der Waals surface area contributed by atoms with Gasteiger partial charge in [0.15, 0.2) is 0 Å². The van der Waals surface area contributed by atoms with Gasteiger partial charge in [0.25, 0.3) is 0 Å². The largest absolute Gasteiger partial charge is 0.337 e. The molecule has 5 heteroatoms. The summed E-state index contributed by atoms with van der Waals surface area (Å²) in [5.41, 5.74) is 1.05. The van der Waals surface area contributed by atoms with Crippen LogP contribution in [0.4, 0.5) is 4.79 Å². The van der Waals surface area contributed by atoms with Gasteiger partial charge >= 0.3 is 6.03 Å². The second kappa shape index (κ2) is 7.05.